The van der Waals surface area contributed by atoms with E-state index in [9.17, 15) is 18.0 Å². The van der Waals surface area contributed by atoms with Crippen LogP contribution in [0.2, 0.25) is 20.1 Å². The predicted octanol–water partition coefficient (Wildman–Crippen LogP) is 5.97. The van der Waals surface area contributed by atoms with Crippen molar-refractivity contribution in [3.05, 3.63) is 91.9 Å². The Balaban J connectivity index is 2.06. The van der Waals surface area contributed by atoms with Gasteiger partial charge in [-0.1, -0.05) is 70.2 Å². The van der Waals surface area contributed by atoms with E-state index in [4.69, 9.17) is 46.4 Å². The summed E-state index contributed by atoms with van der Waals surface area (Å²) in [7, 11) is -2.77. The van der Waals surface area contributed by atoms with E-state index in [0.29, 0.717) is 10.6 Å². The fraction of sp³-hybridized carbons (Fsp3) is 0.231. The van der Waals surface area contributed by atoms with E-state index in [-0.39, 0.29) is 32.2 Å². The number of amides is 2. The highest BCUT2D eigenvalue weighted by Crippen LogP contribution is 2.31. The quantitative estimate of drug-likeness (QED) is 0.321. The largest absolute Gasteiger partial charge is 0.357 e. The van der Waals surface area contributed by atoms with Crippen LogP contribution in [0.3, 0.4) is 0 Å². The molecule has 0 saturated carbocycles. The maximum absolute atomic E-state index is 13.8. The van der Waals surface area contributed by atoms with Gasteiger partial charge in [0.2, 0.25) is 11.8 Å². The molecule has 3 aromatic carbocycles. The number of aryl methyl sites for hydroxylation is 1. The van der Waals surface area contributed by atoms with E-state index in [2.05, 4.69) is 5.32 Å². The van der Waals surface area contributed by atoms with Crippen LogP contribution in [0.5, 0.6) is 0 Å². The molecular formula is C26H25Cl4N3O4S. The normalized spacial score (nSPS) is 12.1. The molecule has 0 saturated heterocycles. The zero-order valence-corrected chi connectivity index (χ0v) is 24.6. The highest BCUT2D eigenvalue weighted by molar-refractivity contribution is 7.92. The molecule has 202 valence electrons. The van der Waals surface area contributed by atoms with E-state index < -0.39 is 34.4 Å². The lowest BCUT2D eigenvalue weighted by Gasteiger charge is -2.32. The summed E-state index contributed by atoms with van der Waals surface area (Å²) in [6.07, 6.45) is 0. The molecule has 0 radical (unpaired) electrons. The summed E-state index contributed by atoms with van der Waals surface area (Å²) in [5.74, 6) is -1.06. The molecule has 7 nitrogen and oxygen atoms in total. The third kappa shape index (κ3) is 6.93. The van der Waals surface area contributed by atoms with Crippen molar-refractivity contribution >= 4 is 73.9 Å². The second kappa shape index (κ2) is 12.6. The van der Waals surface area contributed by atoms with Crippen molar-refractivity contribution in [1.82, 2.24) is 10.2 Å². The summed E-state index contributed by atoms with van der Waals surface area (Å²) in [6, 6.07) is 14.4. The molecule has 1 unspecified atom stereocenters. The second-order valence-electron chi connectivity index (χ2n) is 8.48. The van der Waals surface area contributed by atoms with Crippen LogP contribution >= 0.6 is 46.4 Å². The van der Waals surface area contributed by atoms with Crippen molar-refractivity contribution in [1.29, 1.82) is 0 Å². The molecule has 2 amide bonds. The van der Waals surface area contributed by atoms with Crippen molar-refractivity contribution in [2.24, 2.45) is 0 Å². The Kier molecular flexibility index (Phi) is 9.95. The Morgan fingerprint density at radius 1 is 0.868 bits per heavy atom. The molecule has 38 heavy (non-hydrogen) atoms. The van der Waals surface area contributed by atoms with Gasteiger partial charge in [0.25, 0.3) is 10.0 Å². The van der Waals surface area contributed by atoms with Crippen LogP contribution in [-0.4, -0.2) is 44.8 Å². The minimum absolute atomic E-state index is 0.0163. The first-order valence-electron chi connectivity index (χ1n) is 11.3. The van der Waals surface area contributed by atoms with Crippen LogP contribution in [0.25, 0.3) is 0 Å². The molecule has 1 atom stereocenters. The van der Waals surface area contributed by atoms with Gasteiger partial charge in [-0.2, -0.15) is 0 Å². The highest BCUT2D eigenvalue weighted by atomic mass is 35.5. The van der Waals surface area contributed by atoms with Crippen LogP contribution in [0.15, 0.2) is 65.6 Å². The summed E-state index contributed by atoms with van der Waals surface area (Å²) in [4.78, 5) is 27.5. The fourth-order valence-electron chi connectivity index (χ4n) is 3.63. The van der Waals surface area contributed by atoms with Crippen molar-refractivity contribution < 1.29 is 18.0 Å². The van der Waals surface area contributed by atoms with E-state index in [1.807, 2.05) is 6.92 Å². The highest BCUT2D eigenvalue weighted by Gasteiger charge is 2.32. The maximum atomic E-state index is 13.8. The Labute approximate surface area is 242 Å². The van der Waals surface area contributed by atoms with E-state index in [1.54, 1.807) is 37.3 Å². The van der Waals surface area contributed by atoms with Crippen molar-refractivity contribution in [3.63, 3.8) is 0 Å². The topological polar surface area (TPSA) is 86.8 Å². The van der Waals surface area contributed by atoms with Crippen LogP contribution in [0.1, 0.15) is 18.1 Å². The molecular weight excluding hydrogens is 592 g/mol. The maximum Gasteiger partial charge on any atom is 0.264 e. The van der Waals surface area contributed by atoms with Crippen LogP contribution in [-0.2, 0) is 26.2 Å². The molecule has 12 heteroatoms. The van der Waals surface area contributed by atoms with Crippen LogP contribution in [0, 0.1) is 6.92 Å². The number of halogens is 4. The lowest BCUT2D eigenvalue weighted by atomic mass is 10.1. The Morgan fingerprint density at radius 2 is 1.45 bits per heavy atom. The third-order valence-corrected chi connectivity index (χ3v) is 9.10. The lowest BCUT2D eigenvalue weighted by Crippen LogP contribution is -2.50. The smallest absolute Gasteiger partial charge is 0.264 e. The number of hydrogen-bond acceptors (Lipinski definition) is 4. The summed E-state index contributed by atoms with van der Waals surface area (Å²) in [5, 5.41) is 3.48. The summed E-state index contributed by atoms with van der Waals surface area (Å²) in [5.41, 5.74) is 1.61. The van der Waals surface area contributed by atoms with E-state index >= 15 is 0 Å². The van der Waals surface area contributed by atoms with Crippen molar-refractivity contribution in [3.8, 4) is 0 Å². The number of benzene rings is 3. The van der Waals surface area contributed by atoms with Gasteiger partial charge in [-0.3, -0.25) is 13.9 Å². The lowest BCUT2D eigenvalue weighted by molar-refractivity contribution is -0.139. The number of likely N-dealkylation sites (N-methyl/N-ethyl adjacent to an activating group) is 1. The van der Waals surface area contributed by atoms with Gasteiger partial charge >= 0.3 is 0 Å². The summed E-state index contributed by atoms with van der Waals surface area (Å²) in [6.45, 7) is 2.74. The number of nitrogens with one attached hydrogen (secondary N) is 1. The number of anilines is 1. The molecule has 3 aromatic rings. The number of carbonyl (C=O) groups excluding carboxylic acids is 2. The van der Waals surface area contributed by atoms with Gasteiger partial charge in [-0.15, -0.1) is 0 Å². The minimum Gasteiger partial charge on any atom is -0.357 e. The second-order valence-corrected chi connectivity index (χ2v) is 12.0. The van der Waals surface area contributed by atoms with Gasteiger partial charge < -0.3 is 10.2 Å². The molecule has 0 aliphatic carbocycles. The molecule has 0 aromatic heterocycles. The number of nitrogens with zero attached hydrogens (tertiary/aromatic N) is 2. The minimum atomic E-state index is -4.22. The van der Waals surface area contributed by atoms with Gasteiger partial charge in [0.15, 0.2) is 0 Å². The molecule has 0 bridgehead atoms. The van der Waals surface area contributed by atoms with Gasteiger partial charge in [-0.25, -0.2) is 8.42 Å². The van der Waals surface area contributed by atoms with E-state index in [0.717, 1.165) is 9.87 Å². The SMILES string of the molecule is CNC(=O)C(C)N(Cc1ccc(Cl)c(Cl)c1)C(=O)CN(c1ccc(Cl)c(Cl)c1)S(=O)(=O)c1ccc(C)cc1. The molecule has 0 aliphatic rings. The fourth-order valence-corrected chi connectivity index (χ4v) is 5.65. The third-order valence-electron chi connectivity index (χ3n) is 5.83. The number of hydrogen-bond donors (Lipinski definition) is 1. The Morgan fingerprint density at radius 3 is 2.00 bits per heavy atom. The molecule has 0 fully saturated rings. The standard InChI is InChI=1S/C26H25Cl4N3O4S/c1-16-4-8-20(9-5-16)38(36,37)33(19-7-11-22(28)24(30)13-19)15-25(34)32(17(2)26(35)31-3)14-18-6-10-21(27)23(29)12-18/h4-13,17H,14-15H2,1-3H3,(H,31,35). The molecule has 0 heterocycles. The summed E-state index contributed by atoms with van der Waals surface area (Å²) < 4.78 is 28.5. The van der Waals surface area contributed by atoms with Crippen LogP contribution < -0.4 is 9.62 Å². The Hall–Kier alpha value is -2.49. The molecule has 3 rings (SSSR count). The van der Waals surface area contributed by atoms with Gasteiger partial charge in [-0.05, 0) is 61.9 Å². The zero-order valence-electron chi connectivity index (χ0n) is 20.7. The first-order valence-corrected chi connectivity index (χ1v) is 14.3. The average molecular weight is 617 g/mol. The zero-order chi connectivity index (χ0) is 28.2. The molecule has 0 spiro atoms. The first-order chi connectivity index (χ1) is 17.8. The number of rotatable bonds is 9. The van der Waals surface area contributed by atoms with Gasteiger partial charge in [0.05, 0.1) is 30.7 Å². The predicted molar refractivity (Wildman–Crippen MR) is 153 cm³/mol. The number of carbonyl (C=O) groups is 2. The van der Waals surface area contributed by atoms with Crippen molar-refractivity contribution in [2.75, 3.05) is 17.9 Å². The first kappa shape index (κ1) is 30.1. The van der Waals surface area contributed by atoms with Crippen LogP contribution in [0.4, 0.5) is 5.69 Å². The molecule has 1 N–H and O–H groups in total. The van der Waals surface area contributed by atoms with E-state index in [1.165, 1.54) is 42.3 Å². The van der Waals surface area contributed by atoms with Gasteiger partial charge in [0.1, 0.15) is 12.6 Å². The average Bonchev–Trinajstić information content (AvgIpc) is 2.88. The van der Waals surface area contributed by atoms with Crippen molar-refractivity contribution in [2.45, 2.75) is 31.3 Å². The Bertz CT molecular complexity index is 1450. The number of sulfonamides is 1. The monoisotopic (exact) mass is 615 g/mol. The van der Waals surface area contributed by atoms with Gasteiger partial charge in [0, 0.05) is 13.6 Å². The molecule has 0 aliphatic heterocycles. The summed E-state index contributed by atoms with van der Waals surface area (Å²) >= 11 is 24.4.